The Morgan fingerprint density at radius 2 is 2.04 bits per heavy atom. The normalized spacial score (nSPS) is 11.8. The molecule has 0 bridgehead atoms. The number of benzene rings is 1. The molecule has 0 aromatic heterocycles. The Bertz CT molecular complexity index is 535. The van der Waals surface area contributed by atoms with Gasteiger partial charge in [-0.2, -0.15) is 0 Å². The largest absolute Gasteiger partial charge is 0.483 e. The molecule has 1 aromatic rings. The van der Waals surface area contributed by atoms with Crippen molar-refractivity contribution in [2.24, 2.45) is 5.73 Å². The maximum atomic E-state index is 11.9. The molecule has 5 nitrogen and oxygen atoms in total. The van der Waals surface area contributed by atoms with Gasteiger partial charge in [0.15, 0.2) is 6.61 Å². The van der Waals surface area contributed by atoms with E-state index in [2.05, 4.69) is 12.2 Å². The van der Waals surface area contributed by atoms with Crippen LogP contribution in [0.3, 0.4) is 0 Å². The SMILES string of the molecule is CCCCCC[C@@H](C)NC(=O)COc1ccc(Cl)cc1C(N)=O. The Morgan fingerprint density at radius 3 is 2.70 bits per heavy atom. The van der Waals surface area contributed by atoms with E-state index in [0.717, 1.165) is 12.8 Å². The number of ether oxygens (including phenoxy) is 1. The quantitative estimate of drug-likeness (QED) is 0.641. The van der Waals surface area contributed by atoms with Crippen LogP contribution in [-0.4, -0.2) is 24.5 Å². The number of primary amides is 1. The monoisotopic (exact) mass is 340 g/mol. The molecule has 128 valence electrons. The van der Waals surface area contributed by atoms with E-state index in [1.54, 1.807) is 6.07 Å². The molecular formula is C17H25ClN2O3. The predicted octanol–water partition coefficient (Wildman–Crippen LogP) is 3.29. The number of carbonyl (C=O) groups is 2. The third-order valence-corrected chi connectivity index (χ3v) is 3.70. The van der Waals surface area contributed by atoms with Crippen LogP contribution >= 0.6 is 11.6 Å². The van der Waals surface area contributed by atoms with Gasteiger partial charge in [0, 0.05) is 11.1 Å². The molecule has 1 atom stereocenters. The molecule has 1 aromatic carbocycles. The summed E-state index contributed by atoms with van der Waals surface area (Å²) >= 11 is 5.82. The molecule has 0 saturated carbocycles. The van der Waals surface area contributed by atoms with Crippen molar-refractivity contribution < 1.29 is 14.3 Å². The number of rotatable bonds is 10. The van der Waals surface area contributed by atoms with Gasteiger partial charge in [-0.05, 0) is 31.5 Å². The number of nitrogens with two attached hydrogens (primary N) is 1. The Balaban J connectivity index is 2.43. The minimum atomic E-state index is -0.646. The summed E-state index contributed by atoms with van der Waals surface area (Å²) < 4.78 is 5.39. The van der Waals surface area contributed by atoms with Gasteiger partial charge in [0.2, 0.25) is 0 Å². The van der Waals surface area contributed by atoms with E-state index in [1.165, 1.54) is 31.4 Å². The van der Waals surface area contributed by atoms with Crippen LogP contribution in [0.15, 0.2) is 18.2 Å². The Morgan fingerprint density at radius 1 is 1.30 bits per heavy atom. The zero-order valence-corrected chi connectivity index (χ0v) is 14.5. The van der Waals surface area contributed by atoms with Crippen LogP contribution in [-0.2, 0) is 4.79 Å². The first-order valence-electron chi connectivity index (χ1n) is 7.95. The maximum absolute atomic E-state index is 11.9. The molecule has 0 saturated heterocycles. The highest BCUT2D eigenvalue weighted by Crippen LogP contribution is 2.22. The Labute approximate surface area is 142 Å². The van der Waals surface area contributed by atoms with Crippen LogP contribution in [0.25, 0.3) is 0 Å². The highest BCUT2D eigenvalue weighted by atomic mass is 35.5. The fourth-order valence-electron chi connectivity index (χ4n) is 2.23. The molecule has 23 heavy (non-hydrogen) atoms. The lowest BCUT2D eigenvalue weighted by molar-refractivity contribution is -0.123. The van der Waals surface area contributed by atoms with E-state index in [0.29, 0.717) is 5.02 Å². The van der Waals surface area contributed by atoms with Crippen molar-refractivity contribution >= 4 is 23.4 Å². The lowest BCUT2D eigenvalue weighted by Gasteiger charge is -2.15. The Hall–Kier alpha value is -1.75. The van der Waals surface area contributed by atoms with Crippen LogP contribution < -0.4 is 15.8 Å². The molecule has 6 heteroatoms. The highest BCUT2D eigenvalue weighted by molar-refractivity contribution is 6.31. The molecule has 0 aliphatic rings. The molecule has 0 spiro atoms. The van der Waals surface area contributed by atoms with Gasteiger partial charge >= 0.3 is 0 Å². The Kier molecular flexibility index (Phi) is 8.48. The average Bonchev–Trinajstić information content (AvgIpc) is 2.50. The maximum Gasteiger partial charge on any atom is 0.258 e. The van der Waals surface area contributed by atoms with Crippen molar-refractivity contribution in [3.63, 3.8) is 0 Å². The lowest BCUT2D eigenvalue weighted by atomic mass is 10.1. The van der Waals surface area contributed by atoms with Gasteiger partial charge in [-0.3, -0.25) is 9.59 Å². The highest BCUT2D eigenvalue weighted by Gasteiger charge is 2.13. The fraction of sp³-hybridized carbons (Fsp3) is 0.529. The van der Waals surface area contributed by atoms with Crippen molar-refractivity contribution in [1.82, 2.24) is 5.32 Å². The summed E-state index contributed by atoms with van der Waals surface area (Å²) in [6, 6.07) is 4.64. The van der Waals surface area contributed by atoms with Crippen molar-refractivity contribution in [2.75, 3.05) is 6.61 Å². The summed E-state index contributed by atoms with van der Waals surface area (Å²) in [7, 11) is 0. The molecule has 0 fully saturated rings. The standard InChI is InChI=1S/C17H25ClN2O3/c1-3-4-5-6-7-12(2)20-16(21)11-23-15-9-8-13(18)10-14(15)17(19)22/h8-10,12H,3-7,11H2,1-2H3,(H2,19,22)(H,20,21)/t12-/m1/s1. The zero-order chi connectivity index (χ0) is 17.2. The van der Waals surface area contributed by atoms with Crippen molar-refractivity contribution in [2.45, 2.75) is 52.0 Å². The second-order valence-electron chi connectivity index (χ2n) is 5.61. The number of amides is 2. The molecule has 0 unspecified atom stereocenters. The van der Waals surface area contributed by atoms with Gasteiger partial charge in [0.25, 0.3) is 11.8 Å². The predicted molar refractivity (Wildman–Crippen MR) is 91.8 cm³/mol. The summed E-state index contributed by atoms with van der Waals surface area (Å²) in [6.07, 6.45) is 5.63. The van der Waals surface area contributed by atoms with E-state index in [9.17, 15) is 9.59 Å². The third-order valence-electron chi connectivity index (χ3n) is 3.46. The summed E-state index contributed by atoms with van der Waals surface area (Å²) in [5, 5.41) is 3.27. The second-order valence-corrected chi connectivity index (χ2v) is 6.05. The van der Waals surface area contributed by atoms with Crippen LogP contribution in [0, 0.1) is 0 Å². The third kappa shape index (κ3) is 7.37. The van der Waals surface area contributed by atoms with Crippen molar-refractivity contribution in [3.8, 4) is 5.75 Å². The summed E-state index contributed by atoms with van der Waals surface area (Å²) in [6.45, 7) is 3.97. The van der Waals surface area contributed by atoms with Crippen LogP contribution in [0.5, 0.6) is 5.75 Å². The molecule has 0 heterocycles. The number of hydrogen-bond donors (Lipinski definition) is 2. The van der Waals surface area contributed by atoms with Gasteiger partial charge < -0.3 is 15.8 Å². The number of unbranched alkanes of at least 4 members (excludes halogenated alkanes) is 3. The number of halogens is 1. The number of nitrogens with one attached hydrogen (secondary N) is 1. The van der Waals surface area contributed by atoms with Crippen LogP contribution in [0.2, 0.25) is 5.02 Å². The number of carbonyl (C=O) groups excluding carboxylic acids is 2. The van der Waals surface area contributed by atoms with E-state index in [4.69, 9.17) is 22.1 Å². The minimum Gasteiger partial charge on any atom is -0.483 e. The molecule has 0 aliphatic carbocycles. The molecule has 0 aliphatic heterocycles. The molecule has 0 radical (unpaired) electrons. The van der Waals surface area contributed by atoms with Crippen molar-refractivity contribution in [1.29, 1.82) is 0 Å². The average molecular weight is 341 g/mol. The first kappa shape index (κ1) is 19.3. The molecule has 1 rings (SSSR count). The van der Waals surface area contributed by atoms with E-state index >= 15 is 0 Å². The second kappa shape index (κ2) is 10.1. The topological polar surface area (TPSA) is 81.4 Å². The summed E-state index contributed by atoms with van der Waals surface area (Å²) in [4.78, 5) is 23.2. The van der Waals surface area contributed by atoms with Gasteiger partial charge in [0.1, 0.15) is 5.75 Å². The molecule has 2 amide bonds. The van der Waals surface area contributed by atoms with Crippen LogP contribution in [0.4, 0.5) is 0 Å². The van der Waals surface area contributed by atoms with E-state index < -0.39 is 5.91 Å². The van der Waals surface area contributed by atoms with Gasteiger partial charge in [-0.25, -0.2) is 0 Å². The summed E-state index contributed by atoms with van der Waals surface area (Å²) in [5.41, 5.74) is 5.44. The minimum absolute atomic E-state index is 0.101. The molecular weight excluding hydrogens is 316 g/mol. The van der Waals surface area contributed by atoms with Gasteiger partial charge in [0.05, 0.1) is 5.56 Å². The van der Waals surface area contributed by atoms with Crippen molar-refractivity contribution in [3.05, 3.63) is 28.8 Å². The molecule has 3 N–H and O–H groups in total. The lowest BCUT2D eigenvalue weighted by Crippen LogP contribution is -2.36. The van der Waals surface area contributed by atoms with E-state index in [-0.39, 0.29) is 29.9 Å². The summed E-state index contributed by atoms with van der Waals surface area (Å²) in [5.74, 6) is -0.613. The first-order chi connectivity index (χ1) is 10.9. The number of hydrogen-bond acceptors (Lipinski definition) is 3. The van der Waals surface area contributed by atoms with Crippen LogP contribution in [0.1, 0.15) is 56.3 Å². The smallest absolute Gasteiger partial charge is 0.258 e. The zero-order valence-electron chi connectivity index (χ0n) is 13.7. The van der Waals surface area contributed by atoms with E-state index in [1.807, 2.05) is 6.92 Å². The van der Waals surface area contributed by atoms with Gasteiger partial charge in [-0.15, -0.1) is 0 Å². The first-order valence-corrected chi connectivity index (χ1v) is 8.33. The fourth-order valence-corrected chi connectivity index (χ4v) is 2.40. The van der Waals surface area contributed by atoms with Gasteiger partial charge in [-0.1, -0.05) is 44.2 Å².